The average Bonchev–Trinajstić information content (AvgIpc) is 3.80. The van der Waals surface area contributed by atoms with Crippen molar-refractivity contribution in [2.75, 3.05) is 42.6 Å². The second kappa shape index (κ2) is 9.45. The molecule has 4 aliphatic rings. The number of carbonyl (C=O) groups excluding carboxylic acids is 1. The zero-order valence-corrected chi connectivity index (χ0v) is 21.3. The van der Waals surface area contributed by atoms with E-state index in [2.05, 4.69) is 30.9 Å². The molecule has 0 radical (unpaired) electrons. The van der Waals surface area contributed by atoms with E-state index >= 15 is 0 Å². The summed E-state index contributed by atoms with van der Waals surface area (Å²) >= 11 is 0. The van der Waals surface area contributed by atoms with Gasteiger partial charge in [0, 0.05) is 43.2 Å². The number of aliphatic hydroxyl groups excluding tert-OH is 1. The first-order valence-electron chi connectivity index (χ1n) is 13.2. The molecule has 7 rings (SSSR count). The lowest BCUT2D eigenvalue weighted by atomic mass is 9.96. The molecule has 0 bridgehead atoms. The van der Waals surface area contributed by atoms with E-state index < -0.39 is 0 Å². The van der Waals surface area contributed by atoms with Crippen molar-refractivity contribution in [1.82, 2.24) is 19.7 Å². The van der Waals surface area contributed by atoms with Gasteiger partial charge in [0.2, 0.25) is 0 Å². The maximum absolute atomic E-state index is 11.6. The minimum absolute atomic E-state index is 0.0320. The Kier molecular flexibility index (Phi) is 6.10. The van der Waals surface area contributed by atoms with Crippen LogP contribution in [-0.2, 0) is 17.9 Å². The Labute approximate surface area is 217 Å². The molecule has 37 heavy (non-hydrogen) atoms. The number of aliphatic hydroxyl groups is 1. The fourth-order valence-electron chi connectivity index (χ4n) is 5.21. The number of anilines is 2. The van der Waals surface area contributed by atoms with Crippen molar-refractivity contribution in [3.05, 3.63) is 66.0 Å². The smallest absolute Gasteiger partial charge is 0.341 e. The Morgan fingerprint density at radius 2 is 1.46 bits per heavy atom. The molecule has 2 spiro atoms. The Hall–Kier alpha value is -3.46. The fraction of sp³-hybridized carbons (Fsp3) is 0.500. The third-order valence-electron chi connectivity index (χ3n) is 8.00. The SMILES string of the molecule is CCOC(=O)c1cnn(Cc2ccc(N3CC4(CC4)C3)cn2)c1.OCc1ccc(N2CC3(CC3)C2)cn1. The highest BCUT2D eigenvalue weighted by atomic mass is 16.5. The van der Waals surface area contributed by atoms with Gasteiger partial charge in [0.1, 0.15) is 0 Å². The molecule has 1 N–H and O–H groups in total. The van der Waals surface area contributed by atoms with Crippen molar-refractivity contribution >= 4 is 17.3 Å². The molecule has 9 nitrogen and oxygen atoms in total. The van der Waals surface area contributed by atoms with Crippen LogP contribution in [0.5, 0.6) is 0 Å². The summed E-state index contributed by atoms with van der Waals surface area (Å²) in [6.45, 7) is 7.49. The van der Waals surface area contributed by atoms with Crippen LogP contribution in [0.1, 0.15) is 54.4 Å². The first-order chi connectivity index (χ1) is 18.0. The Morgan fingerprint density at radius 1 is 0.892 bits per heavy atom. The molecule has 0 amide bonds. The van der Waals surface area contributed by atoms with Crippen molar-refractivity contribution in [3.8, 4) is 0 Å². The standard InChI is InChI=1S/C17H20N4O2.C11H14N2O/c1-2-23-16(22)13-7-19-21(9-13)10-14-3-4-15(8-18-14)20-11-17(12-20)5-6-17;14-6-9-1-2-10(5-12-9)13-7-11(8-13)3-4-11/h3-4,7-9H,2,5-6,10-12H2,1H3;1-2,5,14H,3-4,6-8H2. The molecule has 4 fully saturated rings. The first kappa shape index (κ1) is 23.9. The molecule has 0 unspecified atom stereocenters. The maximum Gasteiger partial charge on any atom is 0.341 e. The zero-order chi connectivity index (χ0) is 25.5. The van der Waals surface area contributed by atoms with Crippen LogP contribution in [0.3, 0.4) is 0 Å². The van der Waals surface area contributed by atoms with E-state index in [9.17, 15) is 4.79 Å². The monoisotopic (exact) mass is 502 g/mol. The number of rotatable bonds is 7. The van der Waals surface area contributed by atoms with E-state index in [0.717, 1.165) is 11.4 Å². The Balaban J connectivity index is 0.000000153. The molecule has 2 saturated heterocycles. The van der Waals surface area contributed by atoms with Gasteiger partial charge in [0.25, 0.3) is 0 Å². The second-order valence-corrected chi connectivity index (χ2v) is 11.0. The molecule has 5 heterocycles. The lowest BCUT2D eigenvalue weighted by Crippen LogP contribution is -2.48. The topological polar surface area (TPSA) is 96.6 Å². The van der Waals surface area contributed by atoms with Crippen molar-refractivity contribution in [2.24, 2.45) is 10.8 Å². The summed E-state index contributed by atoms with van der Waals surface area (Å²) in [4.78, 5) is 25.1. The molecule has 3 aromatic heterocycles. The highest BCUT2D eigenvalue weighted by Gasteiger charge is 2.53. The largest absolute Gasteiger partial charge is 0.462 e. The molecule has 0 aromatic carbocycles. The van der Waals surface area contributed by atoms with Gasteiger partial charge in [-0.25, -0.2) is 4.79 Å². The van der Waals surface area contributed by atoms with Crippen LogP contribution >= 0.6 is 0 Å². The lowest BCUT2D eigenvalue weighted by Gasteiger charge is -2.41. The van der Waals surface area contributed by atoms with E-state index in [1.165, 1.54) is 69.4 Å². The summed E-state index contributed by atoms with van der Waals surface area (Å²) < 4.78 is 6.67. The number of hydrogen-bond acceptors (Lipinski definition) is 8. The van der Waals surface area contributed by atoms with Gasteiger partial charge in [-0.2, -0.15) is 5.10 Å². The number of carbonyl (C=O) groups is 1. The molecule has 2 aliphatic heterocycles. The van der Waals surface area contributed by atoms with Crippen LogP contribution in [0.25, 0.3) is 0 Å². The van der Waals surface area contributed by atoms with Crippen molar-refractivity contribution in [1.29, 1.82) is 0 Å². The van der Waals surface area contributed by atoms with Crippen LogP contribution in [0.2, 0.25) is 0 Å². The third-order valence-corrected chi connectivity index (χ3v) is 8.00. The highest BCUT2D eigenvalue weighted by Crippen LogP contribution is 2.54. The maximum atomic E-state index is 11.6. The summed E-state index contributed by atoms with van der Waals surface area (Å²) in [7, 11) is 0. The van der Waals surface area contributed by atoms with Gasteiger partial charge in [-0.1, -0.05) is 0 Å². The number of pyridine rings is 2. The van der Waals surface area contributed by atoms with E-state index in [0.29, 0.717) is 29.5 Å². The van der Waals surface area contributed by atoms with E-state index in [1.807, 2.05) is 30.6 Å². The molecular formula is C28H34N6O3. The minimum atomic E-state index is -0.339. The Bertz CT molecular complexity index is 1230. The summed E-state index contributed by atoms with van der Waals surface area (Å²) in [5.74, 6) is -0.339. The van der Waals surface area contributed by atoms with Crippen LogP contribution in [-0.4, -0.2) is 63.6 Å². The van der Waals surface area contributed by atoms with Gasteiger partial charge in [0.05, 0.1) is 66.7 Å². The predicted octanol–water partition coefficient (Wildman–Crippen LogP) is 3.28. The number of hydrogen-bond donors (Lipinski definition) is 1. The first-order valence-corrected chi connectivity index (χ1v) is 13.2. The number of nitrogens with zero attached hydrogens (tertiary/aromatic N) is 6. The number of esters is 1. The second-order valence-electron chi connectivity index (χ2n) is 11.0. The van der Waals surface area contributed by atoms with Gasteiger partial charge in [-0.15, -0.1) is 0 Å². The van der Waals surface area contributed by atoms with Gasteiger partial charge < -0.3 is 19.6 Å². The molecule has 0 atom stereocenters. The summed E-state index contributed by atoms with van der Waals surface area (Å²) in [5, 5.41) is 13.0. The zero-order valence-electron chi connectivity index (χ0n) is 21.3. The number of ether oxygens (including phenoxy) is 1. The van der Waals surface area contributed by atoms with E-state index in [1.54, 1.807) is 17.8 Å². The Morgan fingerprint density at radius 3 is 1.92 bits per heavy atom. The highest BCUT2D eigenvalue weighted by molar-refractivity contribution is 5.88. The van der Waals surface area contributed by atoms with Crippen molar-refractivity contribution in [2.45, 2.75) is 45.8 Å². The molecular weight excluding hydrogens is 468 g/mol. The van der Waals surface area contributed by atoms with E-state index in [-0.39, 0.29) is 12.6 Å². The molecule has 2 saturated carbocycles. The van der Waals surface area contributed by atoms with Crippen LogP contribution in [0.15, 0.2) is 49.1 Å². The predicted molar refractivity (Wildman–Crippen MR) is 139 cm³/mol. The molecule has 3 aromatic rings. The lowest BCUT2D eigenvalue weighted by molar-refractivity contribution is 0.0526. The normalized spacial score (nSPS) is 19.5. The van der Waals surface area contributed by atoms with Gasteiger partial charge in [-0.05, 0) is 56.9 Å². The fourth-order valence-corrected chi connectivity index (χ4v) is 5.21. The summed E-state index contributed by atoms with van der Waals surface area (Å²) in [6.07, 6.45) is 12.6. The summed E-state index contributed by atoms with van der Waals surface area (Å²) in [5.41, 5.74) is 5.87. The molecule has 9 heteroatoms. The van der Waals surface area contributed by atoms with Gasteiger partial charge >= 0.3 is 5.97 Å². The third kappa shape index (κ3) is 5.18. The number of aromatic nitrogens is 4. The van der Waals surface area contributed by atoms with Crippen molar-refractivity contribution in [3.63, 3.8) is 0 Å². The van der Waals surface area contributed by atoms with E-state index in [4.69, 9.17) is 9.84 Å². The van der Waals surface area contributed by atoms with Crippen LogP contribution in [0, 0.1) is 10.8 Å². The van der Waals surface area contributed by atoms with Crippen molar-refractivity contribution < 1.29 is 14.6 Å². The molecule has 194 valence electrons. The quantitative estimate of drug-likeness (QED) is 0.492. The summed E-state index contributed by atoms with van der Waals surface area (Å²) in [6, 6.07) is 8.09. The van der Waals surface area contributed by atoms with Crippen LogP contribution < -0.4 is 9.80 Å². The van der Waals surface area contributed by atoms with Crippen LogP contribution in [0.4, 0.5) is 11.4 Å². The minimum Gasteiger partial charge on any atom is -0.462 e. The average molecular weight is 503 g/mol. The molecule has 2 aliphatic carbocycles. The van der Waals surface area contributed by atoms with Gasteiger partial charge in [0.15, 0.2) is 0 Å². The van der Waals surface area contributed by atoms with Gasteiger partial charge in [-0.3, -0.25) is 14.6 Å².